The first kappa shape index (κ1) is 8.78. The third-order valence-electron chi connectivity index (χ3n) is 2.53. The van der Waals surface area contributed by atoms with Crippen molar-refractivity contribution in [3.8, 4) is 0 Å². The van der Waals surface area contributed by atoms with Gasteiger partial charge in [-0.05, 0) is 39.3 Å². The zero-order valence-corrected chi connectivity index (χ0v) is 9.02. The van der Waals surface area contributed by atoms with Gasteiger partial charge in [0, 0.05) is 0 Å². The van der Waals surface area contributed by atoms with Crippen molar-refractivity contribution >= 4 is 22.6 Å². The van der Waals surface area contributed by atoms with Crippen LogP contribution in [0.1, 0.15) is 32.6 Å². The lowest BCUT2D eigenvalue weighted by Gasteiger charge is -2.40. The minimum atomic E-state index is 0.482. The zero-order valence-electron chi connectivity index (χ0n) is 6.86. The summed E-state index contributed by atoms with van der Waals surface area (Å²) in [5.74, 6) is 0. The molecule has 0 aromatic carbocycles. The molecule has 2 heteroatoms. The van der Waals surface area contributed by atoms with Crippen LogP contribution in [0, 0.1) is 0 Å². The van der Waals surface area contributed by atoms with Crippen molar-refractivity contribution in [2.45, 2.75) is 36.2 Å². The maximum atomic E-state index is 2.61. The monoisotopic (exact) mass is 253 g/mol. The fourth-order valence-electron chi connectivity index (χ4n) is 1.58. The van der Waals surface area contributed by atoms with Gasteiger partial charge in [-0.1, -0.05) is 29.5 Å². The molecule has 1 heterocycles. The Hall–Kier alpha value is 0.690. The summed E-state index contributed by atoms with van der Waals surface area (Å²) in [7, 11) is 2.25. The van der Waals surface area contributed by atoms with Gasteiger partial charge in [-0.3, -0.25) is 4.90 Å². The van der Waals surface area contributed by atoms with Crippen molar-refractivity contribution < 1.29 is 0 Å². The van der Waals surface area contributed by atoms with Gasteiger partial charge in [-0.2, -0.15) is 0 Å². The van der Waals surface area contributed by atoms with Crippen LogP contribution in [0.3, 0.4) is 0 Å². The number of hydrogen-bond acceptors (Lipinski definition) is 1. The van der Waals surface area contributed by atoms with Crippen molar-refractivity contribution in [2.24, 2.45) is 0 Å². The summed E-state index contributed by atoms with van der Waals surface area (Å²) in [5.41, 5.74) is 0. The Morgan fingerprint density at radius 2 is 2.20 bits per heavy atom. The normalized spacial score (nSPS) is 36.3. The third-order valence-corrected chi connectivity index (χ3v) is 4.65. The second-order valence-electron chi connectivity index (χ2n) is 3.15. The van der Waals surface area contributed by atoms with E-state index in [9.17, 15) is 0 Å². The van der Waals surface area contributed by atoms with Gasteiger partial charge in [-0.25, -0.2) is 0 Å². The molecule has 1 aliphatic rings. The van der Waals surface area contributed by atoms with Crippen molar-refractivity contribution in [3.63, 3.8) is 0 Å². The number of hydrogen-bond donors (Lipinski definition) is 0. The Bertz CT molecular complexity index is 116. The summed E-state index contributed by atoms with van der Waals surface area (Å²) in [6.07, 6.45) is 5.47. The average Bonchev–Trinajstić information content (AvgIpc) is 1.96. The molecule has 0 amide bonds. The van der Waals surface area contributed by atoms with E-state index in [-0.39, 0.29) is 0 Å². The number of nitrogens with zero attached hydrogens (tertiary/aromatic N) is 1. The summed E-state index contributed by atoms with van der Waals surface area (Å²) in [4.78, 5) is 2.50. The minimum Gasteiger partial charge on any atom is -0.292 e. The Morgan fingerprint density at radius 3 is 2.60 bits per heavy atom. The fourth-order valence-corrected chi connectivity index (χ4v) is 2.21. The molecule has 1 saturated heterocycles. The Kier molecular flexibility index (Phi) is 2.98. The highest BCUT2D eigenvalue weighted by Crippen LogP contribution is 2.35. The lowest BCUT2D eigenvalue weighted by Crippen LogP contribution is -2.43. The lowest BCUT2D eigenvalue weighted by atomic mass is 10.0. The molecule has 0 spiro atoms. The molecule has 1 aliphatic heterocycles. The molecule has 0 saturated carbocycles. The highest BCUT2D eigenvalue weighted by Gasteiger charge is 2.31. The summed E-state index contributed by atoms with van der Waals surface area (Å²) in [6.45, 7) is 3.57. The molecule has 0 aromatic heterocycles. The van der Waals surface area contributed by atoms with E-state index in [0.717, 1.165) is 0 Å². The molecule has 60 valence electrons. The van der Waals surface area contributed by atoms with E-state index in [1.54, 1.807) is 0 Å². The van der Waals surface area contributed by atoms with Crippen LogP contribution < -0.4 is 0 Å². The number of rotatable bonds is 1. The standard InChI is InChI=1S/C8H16IN/c1-3-8(9)6-4-5-7-10(8)2/h3-7H2,1-2H3. The SMILES string of the molecule is CCC1(I)CCCCN1C. The number of piperidine rings is 1. The molecular weight excluding hydrogens is 237 g/mol. The molecule has 0 bridgehead atoms. The van der Waals surface area contributed by atoms with E-state index in [1.807, 2.05) is 0 Å². The molecule has 0 radical (unpaired) electrons. The first-order chi connectivity index (χ1) is 4.69. The van der Waals surface area contributed by atoms with E-state index in [0.29, 0.717) is 3.55 Å². The van der Waals surface area contributed by atoms with E-state index in [4.69, 9.17) is 0 Å². The number of halogens is 1. The molecule has 1 nitrogen and oxygen atoms in total. The summed E-state index contributed by atoms with van der Waals surface area (Å²) in [5, 5.41) is 0. The number of likely N-dealkylation sites (tertiary alicyclic amines) is 1. The van der Waals surface area contributed by atoms with Gasteiger partial charge in [0.05, 0.1) is 3.55 Å². The van der Waals surface area contributed by atoms with E-state index >= 15 is 0 Å². The van der Waals surface area contributed by atoms with Crippen LogP contribution in [0.5, 0.6) is 0 Å². The third kappa shape index (κ3) is 1.64. The highest BCUT2D eigenvalue weighted by atomic mass is 127. The van der Waals surface area contributed by atoms with Gasteiger partial charge in [-0.15, -0.1) is 0 Å². The first-order valence-corrected chi connectivity index (χ1v) is 5.17. The molecule has 1 unspecified atom stereocenters. The predicted octanol–water partition coefficient (Wildman–Crippen LogP) is 2.64. The lowest BCUT2D eigenvalue weighted by molar-refractivity contribution is 0.166. The summed E-state index contributed by atoms with van der Waals surface area (Å²) < 4.78 is 0.482. The van der Waals surface area contributed by atoms with Crippen molar-refractivity contribution in [2.75, 3.05) is 13.6 Å². The Labute approximate surface area is 77.3 Å². The highest BCUT2D eigenvalue weighted by molar-refractivity contribution is 14.1. The fraction of sp³-hybridized carbons (Fsp3) is 1.00. The van der Waals surface area contributed by atoms with Crippen LogP contribution in [0.15, 0.2) is 0 Å². The summed E-state index contributed by atoms with van der Waals surface area (Å²) in [6, 6.07) is 0. The van der Waals surface area contributed by atoms with Crippen LogP contribution in [0.25, 0.3) is 0 Å². The Balaban J connectivity index is 2.54. The van der Waals surface area contributed by atoms with Gasteiger partial charge >= 0.3 is 0 Å². The first-order valence-electron chi connectivity index (χ1n) is 4.09. The van der Waals surface area contributed by atoms with Crippen LogP contribution in [0.2, 0.25) is 0 Å². The quantitative estimate of drug-likeness (QED) is 0.394. The van der Waals surface area contributed by atoms with Crippen molar-refractivity contribution in [3.05, 3.63) is 0 Å². The number of alkyl halides is 1. The minimum absolute atomic E-state index is 0.482. The second kappa shape index (κ2) is 3.39. The van der Waals surface area contributed by atoms with E-state index in [2.05, 4.69) is 41.5 Å². The molecule has 1 atom stereocenters. The molecule has 0 aromatic rings. The van der Waals surface area contributed by atoms with Crippen LogP contribution >= 0.6 is 22.6 Å². The van der Waals surface area contributed by atoms with Gasteiger partial charge in [0.1, 0.15) is 0 Å². The zero-order chi connectivity index (χ0) is 7.61. The van der Waals surface area contributed by atoms with E-state index in [1.165, 1.54) is 32.2 Å². The van der Waals surface area contributed by atoms with E-state index < -0.39 is 0 Å². The van der Waals surface area contributed by atoms with Gasteiger partial charge in [0.25, 0.3) is 0 Å². The molecule has 10 heavy (non-hydrogen) atoms. The largest absolute Gasteiger partial charge is 0.292 e. The molecule has 0 aliphatic carbocycles. The maximum Gasteiger partial charge on any atom is 0.0725 e. The van der Waals surface area contributed by atoms with Crippen LogP contribution in [0.4, 0.5) is 0 Å². The topological polar surface area (TPSA) is 3.24 Å². The van der Waals surface area contributed by atoms with Gasteiger partial charge in [0.15, 0.2) is 0 Å². The van der Waals surface area contributed by atoms with Crippen molar-refractivity contribution in [1.82, 2.24) is 4.90 Å². The maximum absolute atomic E-state index is 2.61. The summed E-state index contributed by atoms with van der Waals surface area (Å²) >= 11 is 2.61. The molecular formula is C8H16IN. The molecule has 1 fully saturated rings. The molecule has 1 rings (SSSR count). The van der Waals surface area contributed by atoms with Crippen LogP contribution in [-0.2, 0) is 0 Å². The predicted molar refractivity (Wildman–Crippen MR) is 53.5 cm³/mol. The molecule has 0 N–H and O–H groups in total. The van der Waals surface area contributed by atoms with Gasteiger partial charge < -0.3 is 0 Å². The van der Waals surface area contributed by atoms with Gasteiger partial charge in [0.2, 0.25) is 0 Å². The van der Waals surface area contributed by atoms with Crippen LogP contribution in [-0.4, -0.2) is 22.0 Å². The Morgan fingerprint density at radius 1 is 1.50 bits per heavy atom. The van der Waals surface area contributed by atoms with Crippen molar-refractivity contribution in [1.29, 1.82) is 0 Å². The average molecular weight is 253 g/mol. The second-order valence-corrected chi connectivity index (χ2v) is 5.16. The smallest absolute Gasteiger partial charge is 0.0725 e.